The molecule has 0 aliphatic rings. The fourth-order valence-corrected chi connectivity index (χ4v) is 2.27. The Labute approximate surface area is 116 Å². The highest BCUT2D eigenvalue weighted by atomic mass is 32.1. The Balaban J connectivity index is 2.08. The third-order valence-corrected chi connectivity index (χ3v) is 3.47. The number of anilines is 1. The van der Waals surface area contributed by atoms with E-state index in [9.17, 15) is 24.6 Å². The molecule has 1 aromatic carbocycles. The molecule has 1 heterocycles. The summed E-state index contributed by atoms with van der Waals surface area (Å²) in [5, 5.41) is 24.0. The Morgan fingerprint density at radius 1 is 1.15 bits per heavy atom. The van der Waals surface area contributed by atoms with E-state index in [1.165, 1.54) is 12.1 Å². The van der Waals surface area contributed by atoms with Gasteiger partial charge in [0.15, 0.2) is 0 Å². The highest BCUT2D eigenvalue weighted by molar-refractivity contribution is 7.15. The first kappa shape index (κ1) is 13.9. The van der Waals surface area contributed by atoms with E-state index in [0.717, 1.165) is 23.5 Å². The van der Waals surface area contributed by atoms with E-state index in [1.807, 2.05) is 0 Å². The minimum atomic E-state index is -0.910. The lowest BCUT2D eigenvalue weighted by Gasteiger charge is -2.04. The third kappa shape index (κ3) is 3.06. The second-order valence-corrected chi connectivity index (χ2v) is 4.92. The first-order valence-electron chi connectivity index (χ1n) is 5.38. The average Bonchev–Trinajstić information content (AvgIpc) is 2.86. The van der Waals surface area contributed by atoms with Gasteiger partial charge in [0, 0.05) is 29.2 Å². The lowest BCUT2D eigenvalue weighted by molar-refractivity contribution is -0.387. The topological polar surface area (TPSA) is 98.3 Å². The van der Waals surface area contributed by atoms with Crippen LogP contribution in [0, 0.1) is 26.0 Å². The number of halogens is 1. The molecule has 1 aromatic heterocycles. The van der Waals surface area contributed by atoms with Crippen molar-refractivity contribution < 1.29 is 14.2 Å². The summed E-state index contributed by atoms with van der Waals surface area (Å²) in [5.74, 6) is -0.910. The molecule has 0 radical (unpaired) electrons. The van der Waals surface area contributed by atoms with Crippen LogP contribution in [0.15, 0.2) is 30.3 Å². The van der Waals surface area contributed by atoms with E-state index < -0.39 is 21.4 Å². The van der Waals surface area contributed by atoms with Gasteiger partial charge in [0.05, 0.1) is 9.85 Å². The smallest absolute Gasteiger partial charge is 0.324 e. The molecule has 104 valence electrons. The molecule has 7 nitrogen and oxygen atoms in total. The van der Waals surface area contributed by atoms with Gasteiger partial charge in [-0.25, -0.2) is 0 Å². The first-order chi connectivity index (χ1) is 9.47. The van der Waals surface area contributed by atoms with E-state index >= 15 is 0 Å². The normalized spacial score (nSPS) is 10.2. The molecule has 9 heteroatoms. The predicted molar refractivity (Wildman–Crippen MR) is 71.4 cm³/mol. The van der Waals surface area contributed by atoms with Crippen LogP contribution in [0.4, 0.5) is 20.8 Å². The number of thiophene rings is 1. The molecule has 0 unspecified atom stereocenters. The van der Waals surface area contributed by atoms with Crippen molar-refractivity contribution in [2.24, 2.45) is 0 Å². The number of nitro benzene ring substituents is 1. The van der Waals surface area contributed by atoms with E-state index in [1.54, 1.807) is 6.07 Å². The second-order valence-electron chi connectivity index (χ2n) is 3.77. The van der Waals surface area contributed by atoms with Crippen molar-refractivity contribution in [3.8, 4) is 0 Å². The predicted octanol–water partition coefficient (Wildman–Crippen LogP) is 3.32. The molecule has 0 saturated heterocycles. The van der Waals surface area contributed by atoms with E-state index in [0.29, 0.717) is 10.6 Å². The van der Waals surface area contributed by atoms with Gasteiger partial charge in [-0.1, -0.05) is 11.3 Å². The van der Waals surface area contributed by atoms with Crippen molar-refractivity contribution in [2.45, 2.75) is 6.54 Å². The van der Waals surface area contributed by atoms with Gasteiger partial charge in [-0.3, -0.25) is 20.2 Å². The van der Waals surface area contributed by atoms with Crippen LogP contribution in [0.1, 0.15) is 4.88 Å². The fourth-order valence-electron chi connectivity index (χ4n) is 1.51. The van der Waals surface area contributed by atoms with Gasteiger partial charge in [0.25, 0.3) is 0 Å². The molecule has 0 atom stereocenters. The van der Waals surface area contributed by atoms with Gasteiger partial charge in [0.2, 0.25) is 5.82 Å². The number of nitrogens with one attached hydrogen (secondary N) is 1. The Hall–Kier alpha value is -2.55. The van der Waals surface area contributed by atoms with Gasteiger partial charge >= 0.3 is 10.7 Å². The average molecular weight is 297 g/mol. The zero-order valence-electron chi connectivity index (χ0n) is 9.91. The molecule has 2 aromatic rings. The van der Waals surface area contributed by atoms with Crippen LogP contribution in [0.5, 0.6) is 0 Å². The van der Waals surface area contributed by atoms with E-state index in [-0.39, 0.29) is 11.5 Å². The van der Waals surface area contributed by atoms with Crippen molar-refractivity contribution in [2.75, 3.05) is 5.32 Å². The van der Waals surface area contributed by atoms with Crippen molar-refractivity contribution in [1.82, 2.24) is 0 Å². The molecule has 1 N–H and O–H groups in total. The van der Waals surface area contributed by atoms with Crippen molar-refractivity contribution in [3.05, 3.63) is 61.3 Å². The van der Waals surface area contributed by atoms with Crippen LogP contribution in [0.2, 0.25) is 0 Å². The van der Waals surface area contributed by atoms with Crippen molar-refractivity contribution >= 4 is 27.7 Å². The molecule has 2 rings (SSSR count). The van der Waals surface area contributed by atoms with Gasteiger partial charge in [-0.2, -0.15) is 4.39 Å². The summed E-state index contributed by atoms with van der Waals surface area (Å²) in [7, 11) is 0. The van der Waals surface area contributed by atoms with Gasteiger partial charge in [-0.05, 0) is 18.2 Å². The van der Waals surface area contributed by atoms with Crippen LogP contribution < -0.4 is 5.32 Å². The molecule has 0 bridgehead atoms. The number of hydrogen-bond acceptors (Lipinski definition) is 6. The number of nitrogens with zero attached hydrogens (tertiary/aromatic N) is 2. The lowest BCUT2D eigenvalue weighted by atomic mass is 10.2. The van der Waals surface area contributed by atoms with Crippen LogP contribution >= 0.6 is 11.3 Å². The quantitative estimate of drug-likeness (QED) is 0.674. The summed E-state index contributed by atoms with van der Waals surface area (Å²) in [5.41, 5.74) is -0.249. The molecule has 0 saturated carbocycles. The Morgan fingerprint density at radius 2 is 1.90 bits per heavy atom. The van der Waals surface area contributed by atoms with Gasteiger partial charge in [-0.15, -0.1) is 0 Å². The summed E-state index contributed by atoms with van der Waals surface area (Å²) < 4.78 is 13.1. The Bertz CT molecular complexity index is 673. The van der Waals surface area contributed by atoms with Crippen LogP contribution in [0.25, 0.3) is 0 Å². The number of benzene rings is 1. The summed E-state index contributed by atoms with van der Waals surface area (Å²) in [6, 6.07) is 6.42. The molecule has 0 aliphatic carbocycles. The zero-order valence-corrected chi connectivity index (χ0v) is 10.7. The standard InChI is InChI=1S/C11H8FN3O4S/c12-9-3-1-7(5-10(9)14(16)17)13-6-8-2-4-11(20-8)15(18)19/h1-5,13H,6H2. The Morgan fingerprint density at radius 3 is 2.50 bits per heavy atom. The maximum absolute atomic E-state index is 13.1. The van der Waals surface area contributed by atoms with Gasteiger partial charge < -0.3 is 5.32 Å². The van der Waals surface area contributed by atoms with Crippen LogP contribution in [0.3, 0.4) is 0 Å². The zero-order chi connectivity index (χ0) is 14.7. The molecular formula is C11H8FN3O4S. The summed E-state index contributed by atoms with van der Waals surface area (Å²) in [6.45, 7) is 0.265. The molecule has 20 heavy (non-hydrogen) atoms. The van der Waals surface area contributed by atoms with Crippen LogP contribution in [-0.2, 0) is 6.54 Å². The first-order valence-corrected chi connectivity index (χ1v) is 6.20. The molecule has 0 spiro atoms. The van der Waals surface area contributed by atoms with Gasteiger partial charge in [0.1, 0.15) is 0 Å². The van der Waals surface area contributed by atoms with Crippen LogP contribution in [-0.4, -0.2) is 9.85 Å². The fraction of sp³-hybridized carbons (Fsp3) is 0.0909. The number of hydrogen-bond donors (Lipinski definition) is 1. The summed E-state index contributed by atoms with van der Waals surface area (Å²) >= 11 is 1.00. The highest BCUT2D eigenvalue weighted by Gasteiger charge is 2.14. The third-order valence-electron chi connectivity index (χ3n) is 2.44. The second kappa shape index (κ2) is 5.61. The largest absolute Gasteiger partial charge is 0.380 e. The summed E-state index contributed by atoms with van der Waals surface area (Å²) in [6.07, 6.45) is 0. The van der Waals surface area contributed by atoms with E-state index in [4.69, 9.17) is 0 Å². The molecular weight excluding hydrogens is 289 g/mol. The number of nitro groups is 2. The molecule has 0 amide bonds. The van der Waals surface area contributed by atoms with Crippen molar-refractivity contribution in [1.29, 1.82) is 0 Å². The maximum atomic E-state index is 13.1. The lowest BCUT2D eigenvalue weighted by Crippen LogP contribution is -1.99. The summed E-state index contributed by atoms with van der Waals surface area (Å²) in [4.78, 5) is 20.5. The Kier molecular flexibility index (Phi) is 3.89. The number of rotatable bonds is 5. The SMILES string of the molecule is O=[N+]([O-])c1ccc(CNc2ccc(F)c([N+](=O)[O-])c2)s1. The maximum Gasteiger partial charge on any atom is 0.324 e. The minimum Gasteiger partial charge on any atom is -0.380 e. The van der Waals surface area contributed by atoms with Crippen molar-refractivity contribution in [3.63, 3.8) is 0 Å². The monoisotopic (exact) mass is 297 g/mol. The molecule has 0 aliphatic heterocycles. The van der Waals surface area contributed by atoms with E-state index in [2.05, 4.69) is 5.32 Å². The minimum absolute atomic E-state index is 0.0203. The molecule has 0 fully saturated rings. The highest BCUT2D eigenvalue weighted by Crippen LogP contribution is 2.26.